The molecule has 2 rings (SSSR count). The maximum absolute atomic E-state index is 13.3. The number of H-pyrrole nitrogens is 1. The number of amides is 1. The molecule has 7 heteroatoms. The highest BCUT2D eigenvalue weighted by Gasteiger charge is 2.15. The highest BCUT2D eigenvalue weighted by Crippen LogP contribution is 2.17. The zero-order chi connectivity index (χ0) is 13.3. The monoisotopic (exact) mass is 270 g/mol. The van der Waals surface area contributed by atoms with Crippen LogP contribution in [0.15, 0.2) is 23.0 Å². The standard InChI is InChI=1S/C11H8F2N2O2S/c1-5-9(18-11(17)14-5)10(16)15-8-4-6(12)2-3-7(8)13/h2-4H,1H3,(H,14,17)(H,15,16). The Kier molecular flexibility index (Phi) is 3.24. The van der Waals surface area contributed by atoms with E-state index in [0.717, 1.165) is 18.2 Å². The number of nitrogens with one attached hydrogen (secondary N) is 2. The van der Waals surface area contributed by atoms with Gasteiger partial charge in [0.15, 0.2) is 0 Å². The second kappa shape index (κ2) is 4.69. The van der Waals surface area contributed by atoms with E-state index < -0.39 is 17.5 Å². The Bertz CT molecular complexity index is 663. The van der Waals surface area contributed by atoms with Crippen molar-refractivity contribution in [2.45, 2.75) is 6.92 Å². The van der Waals surface area contributed by atoms with E-state index in [4.69, 9.17) is 0 Å². The van der Waals surface area contributed by atoms with Gasteiger partial charge in [-0.15, -0.1) is 0 Å². The van der Waals surface area contributed by atoms with Crippen molar-refractivity contribution in [3.63, 3.8) is 0 Å². The lowest BCUT2D eigenvalue weighted by Gasteiger charge is -2.05. The summed E-state index contributed by atoms with van der Waals surface area (Å²) in [6.45, 7) is 1.55. The van der Waals surface area contributed by atoms with Crippen molar-refractivity contribution in [1.29, 1.82) is 0 Å². The first-order valence-electron chi connectivity index (χ1n) is 4.93. The molecule has 0 saturated heterocycles. The zero-order valence-corrected chi connectivity index (χ0v) is 10.0. The Labute approximate surface area is 104 Å². The third-order valence-corrected chi connectivity index (χ3v) is 3.19. The minimum Gasteiger partial charge on any atom is -0.319 e. The van der Waals surface area contributed by atoms with Gasteiger partial charge in [-0.2, -0.15) is 0 Å². The molecule has 1 heterocycles. The van der Waals surface area contributed by atoms with Crippen LogP contribution in [0.25, 0.3) is 0 Å². The van der Waals surface area contributed by atoms with Gasteiger partial charge >= 0.3 is 4.87 Å². The molecule has 4 nitrogen and oxygen atoms in total. The van der Waals surface area contributed by atoms with Crippen LogP contribution < -0.4 is 10.2 Å². The highest BCUT2D eigenvalue weighted by molar-refractivity contribution is 7.11. The molecular weight excluding hydrogens is 262 g/mol. The SMILES string of the molecule is Cc1[nH]c(=O)sc1C(=O)Nc1cc(F)ccc1F. The number of aromatic nitrogens is 1. The maximum Gasteiger partial charge on any atom is 0.305 e. The number of carbonyl (C=O) groups is 1. The van der Waals surface area contributed by atoms with Gasteiger partial charge in [0.25, 0.3) is 5.91 Å². The average Bonchev–Trinajstić information content (AvgIpc) is 2.63. The van der Waals surface area contributed by atoms with Gasteiger partial charge < -0.3 is 10.3 Å². The third-order valence-electron chi connectivity index (χ3n) is 2.21. The van der Waals surface area contributed by atoms with Crippen molar-refractivity contribution in [1.82, 2.24) is 4.98 Å². The van der Waals surface area contributed by atoms with Gasteiger partial charge in [-0.3, -0.25) is 9.59 Å². The molecule has 94 valence electrons. The van der Waals surface area contributed by atoms with Crippen molar-refractivity contribution in [2.75, 3.05) is 5.32 Å². The van der Waals surface area contributed by atoms with Gasteiger partial charge in [0.05, 0.1) is 5.69 Å². The fraction of sp³-hybridized carbons (Fsp3) is 0.0909. The van der Waals surface area contributed by atoms with Crippen molar-refractivity contribution in [2.24, 2.45) is 0 Å². The van der Waals surface area contributed by atoms with E-state index in [2.05, 4.69) is 10.3 Å². The summed E-state index contributed by atoms with van der Waals surface area (Å²) in [5.74, 6) is -2.06. The fourth-order valence-electron chi connectivity index (χ4n) is 1.39. The lowest BCUT2D eigenvalue weighted by Crippen LogP contribution is -2.12. The Morgan fingerprint density at radius 1 is 1.39 bits per heavy atom. The van der Waals surface area contributed by atoms with Crippen molar-refractivity contribution in [3.8, 4) is 0 Å². The molecule has 0 aliphatic rings. The zero-order valence-electron chi connectivity index (χ0n) is 9.21. The maximum atomic E-state index is 13.3. The molecule has 1 aromatic heterocycles. The van der Waals surface area contributed by atoms with Crippen LogP contribution >= 0.6 is 11.3 Å². The van der Waals surface area contributed by atoms with Crippen LogP contribution in [0.2, 0.25) is 0 Å². The number of hydrogen-bond donors (Lipinski definition) is 2. The summed E-state index contributed by atoms with van der Waals surface area (Å²) in [6.07, 6.45) is 0. The molecule has 0 unspecified atom stereocenters. The summed E-state index contributed by atoms with van der Waals surface area (Å²) in [5, 5.41) is 2.22. The van der Waals surface area contributed by atoms with Gasteiger partial charge in [0.1, 0.15) is 16.5 Å². The van der Waals surface area contributed by atoms with E-state index in [-0.39, 0.29) is 15.4 Å². The molecule has 0 radical (unpaired) electrons. The molecule has 0 spiro atoms. The van der Waals surface area contributed by atoms with Gasteiger partial charge in [0, 0.05) is 11.8 Å². The molecule has 0 bridgehead atoms. The smallest absolute Gasteiger partial charge is 0.305 e. The van der Waals surface area contributed by atoms with Crippen LogP contribution in [0.5, 0.6) is 0 Å². The van der Waals surface area contributed by atoms with Crippen LogP contribution in [0.1, 0.15) is 15.4 Å². The van der Waals surface area contributed by atoms with Crippen molar-refractivity contribution in [3.05, 3.63) is 50.1 Å². The number of carbonyl (C=O) groups excluding carboxylic acids is 1. The Balaban J connectivity index is 2.29. The molecule has 0 atom stereocenters. The normalized spacial score (nSPS) is 10.4. The first kappa shape index (κ1) is 12.4. The van der Waals surface area contributed by atoms with Crippen molar-refractivity contribution < 1.29 is 13.6 Å². The van der Waals surface area contributed by atoms with E-state index in [1.807, 2.05) is 0 Å². The Morgan fingerprint density at radius 3 is 2.72 bits per heavy atom. The Hall–Kier alpha value is -2.02. The predicted octanol–water partition coefficient (Wildman–Crippen LogP) is 2.28. The first-order valence-corrected chi connectivity index (χ1v) is 5.75. The van der Waals surface area contributed by atoms with E-state index in [0.29, 0.717) is 17.0 Å². The first-order chi connectivity index (χ1) is 8.47. The predicted molar refractivity (Wildman–Crippen MR) is 64.0 cm³/mol. The highest BCUT2D eigenvalue weighted by atomic mass is 32.1. The molecule has 2 aromatic rings. The molecule has 2 N–H and O–H groups in total. The average molecular weight is 270 g/mol. The molecule has 18 heavy (non-hydrogen) atoms. The largest absolute Gasteiger partial charge is 0.319 e. The summed E-state index contributed by atoms with van der Waals surface area (Å²) in [5.41, 5.74) is 0.125. The Morgan fingerprint density at radius 2 is 2.11 bits per heavy atom. The van der Waals surface area contributed by atoms with Crippen LogP contribution in [-0.2, 0) is 0 Å². The number of aryl methyl sites for hydroxylation is 1. The summed E-state index contributed by atoms with van der Waals surface area (Å²) < 4.78 is 26.2. The molecule has 1 amide bonds. The van der Waals surface area contributed by atoms with Crippen molar-refractivity contribution >= 4 is 22.9 Å². The molecule has 0 aliphatic carbocycles. The van der Waals surface area contributed by atoms with E-state index in [1.165, 1.54) is 0 Å². The van der Waals surface area contributed by atoms with Crippen LogP contribution in [-0.4, -0.2) is 10.9 Å². The second-order valence-corrected chi connectivity index (χ2v) is 4.53. The van der Waals surface area contributed by atoms with Crippen LogP contribution in [0.4, 0.5) is 14.5 Å². The molecule has 0 saturated carbocycles. The molecular formula is C11H8F2N2O2S. The summed E-state index contributed by atoms with van der Waals surface area (Å²) in [4.78, 5) is 25.0. The number of halogens is 2. The van der Waals surface area contributed by atoms with E-state index in [9.17, 15) is 18.4 Å². The number of aromatic amines is 1. The lowest BCUT2D eigenvalue weighted by atomic mass is 10.3. The third kappa shape index (κ3) is 2.45. The van der Waals surface area contributed by atoms with Crippen LogP contribution in [0.3, 0.4) is 0 Å². The summed E-state index contributed by atoms with van der Waals surface area (Å²) in [6, 6.07) is 2.74. The quantitative estimate of drug-likeness (QED) is 0.879. The fourth-order valence-corrected chi connectivity index (χ4v) is 2.13. The number of benzene rings is 1. The lowest BCUT2D eigenvalue weighted by molar-refractivity contribution is 0.102. The molecule has 0 fully saturated rings. The summed E-state index contributed by atoms with van der Waals surface area (Å²) >= 11 is 0.712. The van der Waals surface area contributed by atoms with Gasteiger partial charge in [-0.1, -0.05) is 11.3 Å². The number of thiazole rings is 1. The summed E-state index contributed by atoms with van der Waals surface area (Å²) in [7, 11) is 0. The van der Waals surface area contributed by atoms with Gasteiger partial charge in [-0.25, -0.2) is 8.78 Å². The molecule has 0 aliphatic heterocycles. The molecule has 1 aromatic carbocycles. The number of rotatable bonds is 2. The van der Waals surface area contributed by atoms with E-state index >= 15 is 0 Å². The number of hydrogen-bond acceptors (Lipinski definition) is 3. The minimum atomic E-state index is -0.745. The van der Waals surface area contributed by atoms with Gasteiger partial charge in [-0.05, 0) is 19.1 Å². The topological polar surface area (TPSA) is 62.0 Å². The van der Waals surface area contributed by atoms with Crippen LogP contribution in [0, 0.1) is 18.6 Å². The van der Waals surface area contributed by atoms with Gasteiger partial charge in [0.2, 0.25) is 0 Å². The second-order valence-electron chi connectivity index (χ2n) is 3.55. The number of anilines is 1. The minimum absolute atomic E-state index is 0.142. The van der Waals surface area contributed by atoms with E-state index in [1.54, 1.807) is 6.92 Å².